The zero-order valence-electron chi connectivity index (χ0n) is 13.4. The molecule has 1 aromatic rings. The number of carbonyl (C=O) groups is 3. The van der Waals surface area contributed by atoms with E-state index < -0.39 is 12.0 Å². The zero-order chi connectivity index (χ0) is 17.4. The highest BCUT2D eigenvalue weighted by atomic mass is 32.1. The fourth-order valence-electron chi connectivity index (χ4n) is 1.52. The molecule has 0 aromatic carbocycles. The van der Waals surface area contributed by atoms with Crippen molar-refractivity contribution in [3.05, 3.63) is 16.1 Å². The van der Waals surface area contributed by atoms with Crippen molar-refractivity contribution in [2.45, 2.75) is 33.4 Å². The van der Waals surface area contributed by atoms with Crippen LogP contribution < -0.4 is 16.4 Å². The van der Waals surface area contributed by atoms with Gasteiger partial charge in [-0.15, -0.1) is 11.3 Å². The molecule has 0 aliphatic rings. The Balaban J connectivity index is 2.36. The zero-order valence-corrected chi connectivity index (χ0v) is 14.2. The monoisotopic (exact) mass is 342 g/mol. The first-order valence-electron chi connectivity index (χ1n) is 7.26. The average molecular weight is 342 g/mol. The lowest BCUT2D eigenvalue weighted by molar-refractivity contribution is -0.127. The van der Waals surface area contributed by atoms with Crippen LogP contribution in [0.25, 0.3) is 0 Å². The van der Waals surface area contributed by atoms with Crippen LogP contribution in [0.2, 0.25) is 0 Å². The third kappa shape index (κ3) is 6.33. The van der Waals surface area contributed by atoms with Gasteiger partial charge in [0.05, 0.1) is 25.7 Å². The molecule has 0 unspecified atom stereocenters. The number of nitrogens with zero attached hydrogens (tertiary/aromatic N) is 1. The number of ether oxygens (including phenoxy) is 1. The number of thiazole rings is 1. The number of hydrogen-bond acceptors (Lipinski definition) is 7. The third-order valence-electron chi connectivity index (χ3n) is 2.92. The van der Waals surface area contributed by atoms with Gasteiger partial charge in [-0.3, -0.25) is 9.59 Å². The van der Waals surface area contributed by atoms with Crippen LogP contribution in [0.5, 0.6) is 0 Å². The van der Waals surface area contributed by atoms with Gasteiger partial charge in [0.15, 0.2) is 5.69 Å². The van der Waals surface area contributed by atoms with E-state index in [1.54, 1.807) is 12.3 Å². The van der Waals surface area contributed by atoms with Crippen LogP contribution >= 0.6 is 11.3 Å². The van der Waals surface area contributed by atoms with E-state index >= 15 is 0 Å². The number of amides is 2. The van der Waals surface area contributed by atoms with Crippen LogP contribution in [0.3, 0.4) is 0 Å². The van der Waals surface area contributed by atoms with Gasteiger partial charge in [0, 0.05) is 5.38 Å². The van der Waals surface area contributed by atoms with Crippen molar-refractivity contribution < 1.29 is 19.1 Å². The van der Waals surface area contributed by atoms with Gasteiger partial charge in [0.2, 0.25) is 11.8 Å². The standard InChI is InChI=1S/C14H22N4O4S/c1-4-22-14(21)9-7-23-11(18-9)6-16-10(19)5-17-13(20)12(15)8(2)3/h7-8,12H,4-6,15H2,1-3H3,(H,16,19)(H,17,20)/t12-/m0/s1. The molecule has 0 aliphatic heterocycles. The summed E-state index contributed by atoms with van der Waals surface area (Å²) in [7, 11) is 0. The van der Waals surface area contributed by atoms with Crippen LogP contribution in [0.4, 0.5) is 0 Å². The summed E-state index contributed by atoms with van der Waals surface area (Å²) in [6.45, 7) is 5.66. The van der Waals surface area contributed by atoms with E-state index in [1.165, 1.54) is 11.3 Å². The second-order valence-electron chi connectivity index (χ2n) is 5.11. The predicted molar refractivity (Wildman–Crippen MR) is 85.7 cm³/mol. The topological polar surface area (TPSA) is 123 Å². The fraction of sp³-hybridized carbons (Fsp3) is 0.571. The Morgan fingerprint density at radius 3 is 2.65 bits per heavy atom. The highest BCUT2D eigenvalue weighted by Gasteiger charge is 2.17. The molecule has 8 nitrogen and oxygen atoms in total. The lowest BCUT2D eigenvalue weighted by atomic mass is 10.1. The van der Waals surface area contributed by atoms with Gasteiger partial charge in [-0.1, -0.05) is 13.8 Å². The van der Waals surface area contributed by atoms with Crippen LogP contribution in [-0.2, 0) is 20.9 Å². The van der Waals surface area contributed by atoms with Crippen LogP contribution in [-0.4, -0.2) is 42.0 Å². The molecule has 1 rings (SSSR count). The fourth-order valence-corrected chi connectivity index (χ4v) is 2.22. The SMILES string of the molecule is CCOC(=O)c1csc(CNC(=O)CNC(=O)[C@@H](N)C(C)C)n1. The first-order chi connectivity index (χ1) is 10.8. The second kappa shape index (κ2) is 9.21. The largest absolute Gasteiger partial charge is 0.461 e. The summed E-state index contributed by atoms with van der Waals surface area (Å²) >= 11 is 1.24. The molecule has 0 aliphatic carbocycles. The Labute approximate surface area is 138 Å². The first-order valence-corrected chi connectivity index (χ1v) is 8.14. The molecule has 9 heteroatoms. The van der Waals surface area contributed by atoms with E-state index in [4.69, 9.17) is 10.5 Å². The molecule has 0 saturated carbocycles. The van der Waals surface area contributed by atoms with Gasteiger partial charge in [-0.25, -0.2) is 9.78 Å². The number of esters is 1. The molecule has 128 valence electrons. The lowest BCUT2D eigenvalue weighted by Crippen LogP contribution is -2.47. The quantitative estimate of drug-likeness (QED) is 0.573. The Hall–Kier alpha value is -2.00. The Bertz CT molecular complexity index is 559. The van der Waals surface area contributed by atoms with Crippen molar-refractivity contribution in [1.29, 1.82) is 0 Å². The van der Waals surface area contributed by atoms with Crippen LogP contribution in [0.1, 0.15) is 36.3 Å². The molecule has 0 saturated heterocycles. The number of hydrogen-bond donors (Lipinski definition) is 3. The Morgan fingerprint density at radius 2 is 2.04 bits per heavy atom. The number of carbonyl (C=O) groups excluding carboxylic acids is 3. The van der Waals surface area contributed by atoms with Crippen molar-refractivity contribution in [2.24, 2.45) is 11.7 Å². The predicted octanol–water partition coefficient (Wildman–Crippen LogP) is 0.0355. The molecular weight excluding hydrogens is 320 g/mol. The highest BCUT2D eigenvalue weighted by molar-refractivity contribution is 7.09. The number of rotatable bonds is 8. The average Bonchev–Trinajstić information content (AvgIpc) is 2.99. The summed E-state index contributed by atoms with van der Waals surface area (Å²) < 4.78 is 4.83. The lowest BCUT2D eigenvalue weighted by Gasteiger charge is -2.14. The molecule has 0 radical (unpaired) electrons. The van der Waals surface area contributed by atoms with E-state index in [1.807, 2.05) is 13.8 Å². The summed E-state index contributed by atoms with van der Waals surface area (Å²) in [5.41, 5.74) is 5.89. The van der Waals surface area contributed by atoms with Crippen molar-refractivity contribution in [1.82, 2.24) is 15.6 Å². The second-order valence-corrected chi connectivity index (χ2v) is 6.05. The normalized spacial score (nSPS) is 11.9. The summed E-state index contributed by atoms with van der Waals surface area (Å²) in [5.74, 6) is -1.22. The summed E-state index contributed by atoms with van der Waals surface area (Å²) in [6.07, 6.45) is 0. The summed E-state index contributed by atoms with van der Waals surface area (Å²) in [6, 6.07) is -0.645. The van der Waals surface area contributed by atoms with Crippen LogP contribution in [0, 0.1) is 5.92 Å². The van der Waals surface area contributed by atoms with Crippen molar-refractivity contribution in [3.8, 4) is 0 Å². The maximum Gasteiger partial charge on any atom is 0.357 e. The number of nitrogens with one attached hydrogen (secondary N) is 2. The highest BCUT2D eigenvalue weighted by Crippen LogP contribution is 2.10. The minimum atomic E-state index is -0.645. The smallest absolute Gasteiger partial charge is 0.357 e. The van der Waals surface area contributed by atoms with Gasteiger partial charge in [0.1, 0.15) is 5.01 Å². The first kappa shape index (κ1) is 19.0. The van der Waals surface area contributed by atoms with Gasteiger partial charge in [-0.05, 0) is 12.8 Å². The molecule has 0 bridgehead atoms. The molecule has 1 heterocycles. The van der Waals surface area contributed by atoms with Crippen LogP contribution in [0.15, 0.2) is 5.38 Å². The molecule has 4 N–H and O–H groups in total. The maximum atomic E-state index is 11.7. The van der Waals surface area contributed by atoms with Gasteiger partial charge in [0.25, 0.3) is 0 Å². The van der Waals surface area contributed by atoms with Crippen molar-refractivity contribution in [2.75, 3.05) is 13.2 Å². The molecule has 2 amide bonds. The van der Waals surface area contributed by atoms with Crippen molar-refractivity contribution in [3.63, 3.8) is 0 Å². The molecule has 0 fully saturated rings. The van der Waals surface area contributed by atoms with Gasteiger partial charge >= 0.3 is 5.97 Å². The molecule has 23 heavy (non-hydrogen) atoms. The minimum absolute atomic E-state index is 0.00493. The maximum absolute atomic E-state index is 11.7. The Kier molecular flexibility index (Phi) is 7.63. The molecule has 1 atom stereocenters. The van der Waals surface area contributed by atoms with E-state index in [0.29, 0.717) is 5.01 Å². The van der Waals surface area contributed by atoms with Gasteiger partial charge in [-0.2, -0.15) is 0 Å². The third-order valence-corrected chi connectivity index (χ3v) is 3.77. The number of nitrogens with two attached hydrogens (primary N) is 1. The van der Waals surface area contributed by atoms with E-state index in [2.05, 4.69) is 15.6 Å². The molecule has 1 aromatic heterocycles. The Morgan fingerprint density at radius 1 is 1.35 bits per heavy atom. The minimum Gasteiger partial charge on any atom is -0.461 e. The number of aromatic nitrogens is 1. The summed E-state index contributed by atoms with van der Waals surface area (Å²) in [5, 5.41) is 7.23. The summed E-state index contributed by atoms with van der Waals surface area (Å²) in [4.78, 5) is 38.8. The molecule has 0 spiro atoms. The van der Waals surface area contributed by atoms with Crippen molar-refractivity contribution >= 4 is 29.1 Å². The van der Waals surface area contributed by atoms with E-state index in [0.717, 1.165) is 0 Å². The molecular formula is C14H22N4O4S. The van der Waals surface area contributed by atoms with E-state index in [-0.39, 0.29) is 43.1 Å². The van der Waals surface area contributed by atoms with Gasteiger partial charge < -0.3 is 21.1 Å². The van der Waals surface area contributed by atoms with E-state index in [9.17, 15) is 14.4 Å².